The quantitative estimate of drug-likeness (QED) is 0.571. The number of anilines is 1. The molecule has 0 saturated heterocycles. The minimum absolute atomic E-state index is 0.0553. The summed E-state index contributed by atoms with van der Waals surface area (Å²) in [6, 6.07) is 14.1. The van der Waals surface area contributed by atoms with Crippen LogP contribution in [0.3, 0.4) is 0 Å². The lowest BCUT2D eigenvalue weighted by Gasteiger charge is -2.23. The number of amides is 1. The van der Waals surface area contributed by atoms with Gasteiger partial charge in [0.15, 0.2) is 0 Å². The molecule has 0 bridgehead atoms. The van der Waals surface area contributed by atoms with E-state index in [4.69, 9.17) is 4.74 Å². The Morgan fingerprint density at radius 1 is 1.24 bits per heavy atom. The Hall–Kier alpha value is -2.13. The van der Waals surface area contributed by atoms with Crippen molar-refractivity contribution in [2.45, 2.75) is 13.3 Å². The van der Waals surface area contributed by atoms with Gasteiger partial charge in [-0.1, -0.05) is 42.5 Å². The first-order chi connectivity index (χ1) is 10.3. The van der Waals surface area contributed by atoms with Crippen LogP contribution in [0.1, 0.15) is 13.3 Å². The molecule has 0 unspecified atom stereocenters. The van der Waals surface area contributed by atoms with Crippen LogP contribution in [0, 0.1) is 0 Å². The van der Waals surface area contributed by atoms with Crippen molar-refractivity contribution in [3.63, 3.8) is 0 Å². The van der Waals surface area contributed by atoms with E-state index in [1.807, 2.05) is 37.3 Å². The number of hydrogen-bond acceptors (Lipinski definition) is 2. The Bertz CT molecular complexity index is 616. The zero-order valence-electron chi connectivity index (χ0n) is 12.4. The monoisotopic (exact) mass is 283 g/mol. The van der Waals surface area contributed by atoms with Gasteiger partial charge in [0.2, 0.25) is 5.91 Å². The third kappa shape index (κ3) is 3.70. The molecule has 0 N–H and O–H groups in total. The highest BCUT2D eigenvalue weighted by Crippen LogP contribution is 2.27. The number of benzene rings is 2. The van der Waals surface area contributed by atoms with Crippen LogP contribution in [0.15, 0.2) is 55.1 Å². The summed E-state index contributed by atoms with van der Waals surface area (Å²) in [5.41, 5.74) is 0.925. The SMILES string of the molecule is C=CCN(C(=O)CCOCC)c1cccc2ccccc12. The molecule has 0 saturated carbocycles. The van der Waals surface area contributed by atoms with Crippen LogP contribution in [0.4, 0.5) is 5.69 Å². The van der Waals surface area contributed by atoms with E-state index >= 15 is 0 Å². The lowest BCUT2D eigenvalue weighted by molar-refractivity contribution is -0.119. The molecule has 0 aliphatic heterocycles. The molecule has 2 aromatic carbocycles. The van der Waals surface area contributed by atoms with E-state index in [1.54, 1.807) is 11.0 Å². The van der Waals surface area contributed by atoms with Gasteiger partial charge < -0.3 is 9.64 Å². The third-order valence-corrected chi connectivity index (χ3v) is 3.33. The molecule has 0 radical (unpaired) electrons. The van der Waals surface area contributed by atoms with E-state index in [0.29, 0.717) is 26.2 Å². The molecule has 0 spiro atoms. The molecular weight excluding hydrogens is 262 g/mol. The van der Waals surface area contributed by atoms with Gasteiger partial charge in [-0.2, -0.15) is 0 Å². The van der Waals surface area contributed by atoms with Crippen LogP contribution < -0.4 is 4.90 Å². The topological polar surface area (TPSA) is 29.5 Å². The predicted octanol–water partition coefficient (Wildman–Crippen LogP) is 3.79. The summed E-state index contributed by atoms with van der Waals surface area (Å²) in [5.74, 6) is 0.0553. The van der Waals surface area contributed by atoms with Gasteiger partial charge >= 0.3 is 0 Å². The largest absolute Gasteiger partial charge is 0.381 e. The molecular formula is C18H21NO2. The van der Waals surface area contributed by atoms with E-state index in [2.05, 4.69) is 18.7 Å². The molecule has 21 heavy (non-hydrogen) atoms. The van der Waals surface area contributed by atoms with Gasteiger partial charge in [0.05, 0.1) is 18.7 Å². The van der Waals surface area contributed by atoms with Crippen molar-refractivity contribution in [3.05, 3.63) is 55.1 Å². The first-order valence-corrected chi connectivity index (χ1v) is 7.24. The molecule has 0 atom stereocenters. The Balaban J connectivity index is 2.31. The predicted molar refractivity (Wildman–Crippen MR) is 87.6 cm³/mol. The zero-order chi connectivity index (χ0) is 15.1. The lowest BCUT2D eigenvalue weighted by atomic mass is 10.1. The van der Waals surface area contributed by atoms with E-state index < -0.39 is 0 Å². The van der Waals surface area contributed by atoms with Crippen molar-refractivity contribution in [1.29, 1.82) is 0 Å². The number of fused-ring (bicyclic) bond motifs is 1. The number of carbonyl (C=O) groups is 1. The van der Waals surface area contributed by atoms with Gasteiger partial charge in [0.25, 0.3) is 0 Å². The first kappa shape index (κ1) is 15.3. The molecule has 2 rings (SSSR count). The van der Waals surface area contributed by atoms with Crippen LogP contribution >= 0.6 is 0 Å². The van der Waals surface area contributed by atoms with Crippen LogP contribution in [0.25, 0.3) is 10.8 Å². The van der Waals surface area contributed by atoms with Crippen LogP contribution in [0.5, 0.6) is 0 Å². The van der Waals surface area contributed by atoms with Crippen molar-refractivity contribution >= 4 is 22.4 Å². The number of ether oxygens (including phenoxy) is 1. The molecule has 2 aromatic rings. The van der Waals surface area contributed by atoms with Crippen molar-refractivity contribution in [1.82, 2.24) is 0 Å². The molecule has 1 amide bonds. The van der Waals surface area contributed by atoms with Gasteiger partial charge in [0, 0.05) is 18.5 Å². The molecule has 0 aliphatic rings. The summed E-state index contributed by atoms with van der Waals surface area (Å²) in [5, 5.41) is 2.20. The van der Waals surface area contributed by atoms with Gasteiger partial charge in [0.1, 0.15) is 0 Å². The zero-order valence-corrected chi connectivity index (χ0v) is 12.4. The van der Waals surface area contributed by atoms with Gasteiger partial charge in [-0.3, -0.25) is 4.79 Å². The average Bonchev–Trinajstić information content (AvgIpc) is 2.52. The number of hydrogen-bond donors (Lipinski definition) is 0. The Labute approximate surface area is 125 Å². The fourth-order valence-corrected chi connectivity index (χ4v) is 2.35. The van der Waals surface area contributed by atoms with E-state index in [0.717, 1.165) is 16.5 Å². The fraction of sp³-hybridized carbons (Fsp3) is 0.278. The van der Waals surface area contributed by atoms with Crippen molar-refractivity contribution in [2.75, 3.05) is 24.7 Å². The van der Waals surface area contributed by atoms with Gasteiger partial charge in [-0.05, 0) is 18.4 Å². The fourth-order valence-electron chi connectivity index (χ4n) is 2.35. The summed E-state index contributed by atoms with van der Waals surface area (Å²) in [6.45, 7) is 7.27. The highest BCUT2D eigenvalue weighted by molar-refractivity contribution is 6.03. The molecule has 3 nitrogen and oxygen atoms in total. The van der Waals surface area contributed by atoms with E-state index in [9.17, 15) is 4.79 Å². The molecule has 110 valence electrons. The normalized spacial score (nSPS) is 10.5. The Morgan fingerprint density at radius 2 is 2.00 bits per heavy atom. The second kappa shape index (κ2) is 7.60. The summed E-state index contributed by atoms with van der Waals surface area (Å²) in [7, 11) is 0. The maximum atomic E-state index is 12.5. The minimum Gasteiger partial charge on any atom is -0.381 e. The van der Waals surface area contributed by atoms with Crippen molar-refractivity contribution < 1.29 is 9.53 Å². The van der Waals surface area contributed by atoms with Crippen molar-refractivity contribution in [2.24, 2.45) is 0 Å². The van der Waals surface area contributed by atoms with Crippen LogP contribution in [-0.4, -0.2) is 25.7 Å². The number of carbonyl (C=O) groups excluding carboxylic acids is 1. The molecule has 3 heteroatoms. The van der Waals surface area contributed by atoms with Gasteiger partial charge in [-0.15, -0.1) is 6.58 Å². The van der Waals surface area contributed by atoms with Crippen LogP contribution in [0.2, 0.25) is 0 Å². The molecule has 0 aromatic heterocycles. The smallest absolute Gasteiger partial charge is 0.229 e. The lowest BCUT2D eigenvalue weighted by Crippen LogP contribution is -2.31. The molecule has 0 fully saturated rings. The first-order valence-electron chi connectivity index (χ1n) is 7.24. The van der Waals surface area contributed by atoms with Crippen molar-refractivity contribution in [3.8, 4) is 0 Å². The molecule has 0 aliphatic carbocycles. The minimum atomic E-state index is 0.0553. The van der Waals surface area contributed by atoms with E-state index in [1.165, 1.54) is 0 Å². The third-order valence-electron chi connectivity index (χ3n) is 3.33. The maximum Gasteiger partial charge on any atom is 0.229 e. The maximum absolute atomic E-state index is 12.5. The number of rotatable bonds is 7. The summed E-state index contributed by atoms with van der Waals surface area (Å²) in [6.07, 6.45) is 2.13. The Morgan fingerprint density at radius 3 is 2.76 bits per heavy atom. The second-order valence-corrected chi connectivity index (χ2v) is 4.74. The Kier molecular flexibility index (Phi) is 5.52. The highest BCUT2D eigenvalue weighted by atomic mass is 16.5. The standard InChI is InChI=1S/C18H21NO2/c1-3-13-19(18(20)12-14-21-4-2)17-11-7-9-15-8-5-6-10-16(15)17/h3,5-11H,1,4,12-14H2,2H3. The highest BCUT2D eigenvalue weighted by Gasteiger charge is 2.16. The second-order valence-electron chi connectivity index (χ2n) is 4.74. The summed E-state index contributed by atoms with van der Waals surface area (Å²) >= 11 is 0. The van der Waals surface area contributed by atoms with Gasteiger partial charge in [-0.25, -0.2) is 0 Å². The average molecular weight is 283 g/mol. The number of nitrogens with zero attached hydrogens (tertiary/aromatic N) is 1. The summed E-state index contributed by atoms with van der Waals surface area (Å²) in [4.78, 5) is 14.2. The molecule has 0 heterocycles. The van der Waals surface area contributed by atoms with Crippen LogP contribution in [-0.2, 0) is 9.53 Å². The van der Waals surface area contributed by atoms with E-state index in [-0.39, 0.29) is 5.91 Å². The summed E-state index contributed by atoms with van der Waals surface area (Å²) < 4.78 is 5.28.